The van der Waals surface area contributed by atoms with E-state index in [1.807, 2.05) is 0 Å². The van der Waals surface area contributed by atoms with Gasteiger partial charge in [-0.3, -0.25) is 0 Å². The largest absolute Gasteiger partial charge is 0.451 e. The van der Waals surface area contributed by atoms with Gasteiger partial charge in [-0.05, 0) is 13.8 Å². The van der Waals surface area contributed by atoms with Crippen molar-refractivity contribution in [2.45, 2.75) is 26.1 Å². The summed E-state index contributed by atoms with van der Waals surface area (Å²) in [5.41, 5.74) is 0.265. The van der Waals surface area contributed by atoms with Crippen LogP contribution in [0.5, 0.6) is 0 Å². The van der Waals surface area contributed by atoms with Crippen LogP contribution in [0.4, 0.5) is 19.0 Å². The summed E-state index contributed by atoms with van der Waals surface area (Å²) in [7, 11) is 0. The molecule has 1 unspecified atom stereocenters. The molecule has 0 aromatic carbocycles. The number of nitrogens with zero attached hydrogens (tertiary/aromatic N) is 2. The van der Waals surface area contributed by atoms with Gasteiger partial charge >= 0.3 is 6.18 Å². The monoisotopic (exact) mass is 231 g/mol. The van der Waals surface area contributed by atoms with E-state index in [-0.39, 0.29) is 17.6 Å². The lowest BCUT2D eigenvalue weighted by atomic mass is 10.3. The highest BCUT2D eigenvalue weighted by atomic mass is 19.4. The molecule has 88 valence electrons. The lowest BCUT2D eigenvalue weighted by molar-refractivity contribution is -0.145. The summed E-state index contributed by atoms with van der Waals surface area (Å²) >= 11 is 0. The molecule has 6 heteroatoms. The Hall–Kier alpha value is -1.59. The molecule has 1 aromatic heterocycles. The van der Waals surface area contributed by atoms with Crippen LogP contribution in [0.15, 0.2) is 18.7 Å². The number of halogens is 3. The summed E-state index contributed by atoms with van der Waals surface area (Å²) < 4.78 is 37.2. The first kappa shape index (κ1) is 12.5. The first-order chi connectivity index (χ1) is 7.32. The molecule has 0 saturated carbocycles. The molecule has 1 N–H and O–H groups in total. The molecule has 0 aliphatic rings. The number of hydrogen-bond donors (Lipinski definition) is 1. The molecular weight excluding hydrogens is 219 g/mol. The molecule has 0 bridgehead atoms. The number of nitrogens with one attached hydrogen (secondary N) is 1. The standard InChI is InChI=1S/C10H12F3N3/c1-4-6(2)14-8-5-7(3)15-9(16-8)10(11,12)13/h4-6H,1H2,2-3H3,(H,14,15,16). The third kappa shape index (κ3) is 3.22. The summed E-state index contributed by atoms with van der Waals surface area (Å²) in [6, 6.07) is 1.30. The van der Waals surface area contributed by atoms with Gasteiger partial charge in [-0.1, -0.05) is 6.08 Å². The van der Waals surface area contributed by atoms with Crippen LogP contribution >= 0.6 is 0 Å². The van der Waals surface area contributed by atoms with Crippen LogP contribution in [-0.2, 0) is 6.18 Å². The lowest BCUT2D eigenvalue weighted by Gasteiger charge is -2.12. The van der Waals surface area contributed by atoms with Gasteiger partial charge in [-0.25, -0.2) is 9.97 Å². The molecule has 1 rings (SSSR count). The Morgan fingerprint density at radius 1 is 1.44 bits per heavy atom. The summed E-state index contributed by atoms with van der Waals surface area (Å²) in [5, 5.41) is 2.78. The van der Waals surface area contributed by atoms with E-state index in [9.17, 15) is 13.2 Å². The average molecular weight is 231 g/mol. The van der Waals surface area contributed by atoms with Crippen LogP contribution in [0.1, 0.15) is 18.4 Å². The van der Waals surface area contributed by atoms with Gasteiger partial charge in [0.2, 0.25) is 5.82 Å². The van der Waals surface area contributed by atoms with Gasteiger partial charge in [-0.15, -0.1) is 6.58 Å². The number of aryl methyl sites for hydroxylation is 1. The van der Waals surface area contributed by atoms with Crippen molar-refractivity contribution in [2.75, 3.05) is 5.32 Å². The second-order valence-corrected chi connectivity index (χ2v) is 3.38. The van der Waals surface area contributed by atoms with Crippen molar-refractivity contribution in [3.05, 3.63) is 30.2 Å². The van der Waals surface area contributed by atoms with Crippen molar-refractivity contribution in [2.24, 2.45) is 0 Å². The fourth-order valence-electron chi connectivity index (χ4n) is 1.06. The van der Waals surface area contributed by atoms with E-state index in [0.29, 0.717) is 0 Å². The highest BCUT2D eigenvalue weighted by molar-refractivity contribution is 5.38. The summed E-state index contributed by atoms with van der Waals surface area (Å²) in [4.78, 5) is 6.73. The van der Waals surface area contributed by atoms with Crippen LogP contribution in [0.3, 0.4) is 0 Å². The highest BCUT2D eigenvalue weighted by Crippen LogP contribution is 2.27. The van der Waals surface area contributed by atoms with Gasteiger partial charge in [-0.2, -0.15) is 13.2 Å². The predicted molar refractivity (Wildman–Crippen MR) is 55.1 cm³/mol. The van der Waals surface area contributed by atoms with E-state index in [0.717, 1.165) is 0 Å². The lowest BCUT2D eigenvalue weighted by Crippen LogP contribution is -2.17. The molecule has 0 aliphatic carbocycles. The van der Waals surface area contributed by atoms with Gasteiger partial charge in [0.1, 0.15) is 5.82 Å². The predicted octanol–water partition coefficient (Wildman–Crippen LogP) is 2.79. The minimum atomic E-state index is -4.53. The van der Waals surface area contributed by atoms with E-state index < -0.39 is 12.0 Å². The van der Waals surface area contributed by atoms with E-state index in [1.54, 1.807) is 13.0 Å². The number of aromatic nitrogens is 2. The van der Waals surface area contributed by atoms with Gasteiger partial charge in [0.25, 0.3) is 0 Å². The number of anilines is 1. The molecule has 0 fully saturated rings. The minimum absolute atomic E-state index is 0.146. The first-order valence-electron chi connectivity index (χ1n) is 4.65. The molecule has 0 radical (unpaired) electrons. The average Bonchev–Trinajstić information content (AvgIpc) is 2.15. The highest BCUT2D eigenvalue weighted by Gasteiger charge is 2.35. The summed E-state index contributed by atoms with van der Waals surface area (Å²) in [5.74, 6) is -0.988. The zero-order valence-corrected chi connectivity index (χ0v) is 8.97. The van der Waals surface area contributed by atoms with Gasteiger partial charge in [0.05, 0.1) is 0 Å². The Kier molecular flexibility index (Phi) is 3.51. The van der Waals surface area contributed by atoms with Crippen LogP contribution in [0, 0.1) is 6.92 Å². The normalized spacial score (nSPS) is 13.3. The fraction of sp³-hybridized carbons (Fsp3) is 0.400. The minimum Gasteiger partial charge on any atom is -0.364 e. The number of alkyl halides is 3. The SMILES string of the molecule is C=CC(C)Nc1cc(C)nc(C(F)(F)F)n1. The molecule has 16 heavy (non-hydrogen) atoms. The Balaban J connectivity index is 3.03. The van der Waals surface area contributed by atoms with Gasteiger partial charge < -0.3 is 5.32 Å². The maximum atomic E-state index is 12.4. The van der Waals surface area contributed by atoms with Crippen LogP contribution < -0.4 is 5.32 Å². The van der Waals surface area contributed by atoms with E-state index in [1.165, 1.54) is 13.0 Å². The van der Waals surface area contributed by atoms with Crippen molar-refractivity contribution in [3.63, 3.8) is 0 Å². The fourth-order valence-corrected chi connectivity index (χ4v) is 1.06. The molecule has 1 aromatic rings. The van der Waals surface area contributed by atoms with Crippen LogP contribution in [0.2, 0.25) is 0 Å². The maximum absolute atomic E-state index is 12.4. The molecule has 3 nitrogen and oxygen atoms in total. The van der Waals surface area contributed by atoms with Crippen LogP contribution in [0.25, 0.3) is 0 Å². The molecular formula is C10H12F3N3. The Labute approximate surface area is 91.4 Å². The number of rotatable bonds is 3. The molecule has 1 atom stereocenters. The van der Waals surface area contributed by atoms with Crippen molar-refractivity contribution in [1.82, 2.24) is 9.97 Å². The second kappa shape index (κ2) is 4.51. The zero-order chi connectivity index (χ0) is 12.3. The van der Waals surface area contributed by atoms with Gasteiger partial charge in [0.15, 0.2) is 0 Å². The number of hydrogen-bond acceptors (Lipinski definition) is 3. The Bertz CT molecular complexity index is 387. The Morgan fingerprint density at radius 3 is 2.56 bits per heavy atom. The van der Waals surface area contributed by atoms with Crippen molar-refractivity contribution >= 4 is 5.82 Å². The Morgan fingerprint density at radius 2 is 2.06 bits per heavy atom. The van der Waals surface area contributed by atoms with Crippen molar-refractivity contribution in [1.29, 1.82) is 0 Å². The van der Waals surface area contributed by atoms with E-state index >= 15 is 0 Å². The molecule has 0 amide bonds. The smallest absolute Gasteiger partial charge is 0.364 e. The van der Waals surface area contributed by atoms with E-state index in [4.69, 9.17) is 0 Å². The topological polar surface area (TPSA) is 37.8 Å². The van der Waals surface area contributed by atoms with Crippen LogP contribution in [-0.4, -0.2) is 16.0 Å². The first-order valence-corrected chi connectivity index (χ1v) is 4.65. The van der Waals surface area contributed by atoms with Crippen molar-refractivity contribution < 1.29 is 13.2 Å². The third-order valence-corrected chi connectivity index (χ3v) is 1.84. The maximum Gasteiger partial charge on any atom is 0.451 e. The molecule has 0 spiro atoms. The third-order valence-electron chi connectivity index (χ3n) is 1.84. The quantitative estimate of drug-likeness (QED) is 0.813. The summed E-state index contributed by atoms with van der Waals surface area (Å²) in [6.07, 6.45) is -2.95. The van der Waals surface area contributed by atoms with Crippen molar-refractivity contribution in [3.8, 4) is 0 Å². The van der Waals surface area contributed by atoms with Gasteiger partial charge in [0, 0.05) is 17.8 Å². The molecule has 1 heterocycles. The summed E-state index contributed by atoms with van der Waals surface area (Å²) in [6.45, 7) is 6.77. The molecule has 0 saturated heterocycles. The molecule has 0 aliphatic heterocycles. The zero-order valence-electron chi connectivity index (χ0n) is 8.97. The van der Waals surface area contributed by atoms with E-state index in [2.05, 4.69) is 21.9 Å². The second-order valence-electron chi connectivity index (χ2n) is 3.38.